The second-order valence-electron chi connectivity index (χ2n) is 4.13. The van der Waals surface area contributed by atoms with Crippen LogP contribution < -0.4 is 0 Å². The topological polar surface area (TPSA) is 59.2 Å². The van der Waals surface area contributed by atoms with Gasteiger partial charge in [-0.2, -0.15) is 4.98 Å². The van der Waals surface area contributed by atoms with E-state index in [4.69, 9.17) is 16.1 Å². The van der Waals surface area contributed by atoms with Crippen molar-refractivity contribution in [2.75, 3.05) is 7.05 Å². The van der Waals surface area contributed by atoms with Crippen LogP contribution in [-0.2, 0) is 11.3 Å². The number of carbonyl (C=O) groups is 1. The molecule has 0 atom stereocenters. The number of halogens is 1. The summed E-state index contributed by atoms with van der Waals surface area (Å²) in [6.45, 7) is 2.12. The van der Waals surface area contributed by atoms with E-state index < -0.39 is 0 Å². The quantitative estimate of drug-likeness (QED) is 0.863. The van der Waals surface area contributed by atoms with Crippen molar-refractivity contribution in [2.45, 2.75) is 19.9 Å². The fourth-order valence-corrected chi connectivity index (χ4v) is 1.82. The molecule has 2 rings (SSSR count). The summed E-state index contributed by atoms with van der Waals surface area (Å²) >= 11 is 5.91. The number of rotatable bonds is 4. The van der Waals surface area contributed by atoms with Gasteiger partial charge in [0.1, 0.15) is 0 Å². The zero-order valence-electron chi connectivity index (χ0n) is 10.8. The Morgan fingerprint density at radius 1 is 1.47 bits per heavy atom. The van der Waals surface area contributed by atoms with Crippen molar-refractivity contribution in [3.8, 4) is 11.4 Å². The van der Waals surface area contributed by atoms with Crippen LogP contribution in [-0.4, -0.2) is 28.0 Å². The number of nitrogens with zero attached hydrogens (tertiary/aromatic N) is 3. The third kappa shape index (κ3) is 3.32. The molecule has 5 nitrogen and oxygen atoms in total. The van der Waals surface area contributed by atoms with Gasteiger partial charge < -0.3 is 9.42 Å². The first kappa shape index (κ1) is 13.5. The van der Waals surface area contributed by atoms with Crippen LogP contribution in [0.15, 0.2) is 28.8 Å². The Morgan fingerprint density at radius 3 is 2.95 bits per heavy atom. The van der Waals surface area contributed by atoms with Gasteiger partial charge in [-0.1, -0.05) is 35.8 Å². The lowest BCUT2D eigenvalue weighted by molar-refractivity contribution is -0.130. The summed E-state index contributed by atoms with van der Waals surface area (Å²) in [5, 5.41) is 4.50. The fourth-order valence-electron chi connectivity index (χ4n) is 1.62. The van der Waals surface area contributed by atoms with Gasteiger partial charge in [0.25, 0.3) is 0 Å². The van der Waals surface area contributed by atoms with Gasteiger partial charge in [0, 0.05) is 24.1 Å². The maximum Gasteiger partial charge on any atom is 0.246 e. The first-order valence-electron chi connectivity index (χ1n) is 5.92. The van der Waals surface area contributed by atoms with E-state index in [1.54, 1.807) is 24.1 Å². The molecule has 0 bridgehead atoms. The molecule has 1 heterocycles. The highest BCUT2D eigenvalue weighted by Gasteiger charge is 2.13. The molecule has 0 saturated carbocycles. The van der Waals surface area contributed by atoms with Crippen LogP contribution in [0.5, 0.6) is 0 Å². The second-order valence-corrected chi connectivity index (χ2v) is 4.56. The van der Waals surface area contributed by atoms with E-state index in [1.165, 1.54) is 0 Å². The van der Waals surface area contributed by atoms with Crippen LogP contribution in [0.25, 0.3) is 11.4 Å². The third-order valence-corrected chi connectivity index (χ3v) is 2.89. The lowest BCUT2D eigenvalue weighted by Crippen LogP contribution is -2.25. The summed E-state index contributed by atoms with van der Waals surface area (Å²) < 4.78 is 5.13. The van der Waals surface area contributed by atoms with Gasteiger partial charge >= 0.3 is 0 Å². The van der Waals surface area contributed by atoms with E-state index in [2.05, 4.69) is 10.1 Å². The molecule has 6 heteroatoms. The van der Waals surface area contributed by atoms with Gasteiger partial charge in [0.05, 0.1) is 6.54 Å². The van der Waals surface area contributed by atoms with Crippen molar-refractivity contribution < 1.29 is 9.32 Å². The van der Waals surface area contributed by atoms with Gasteiger partial charge in [-0.05, 0) is 12.1 Å². The molecule has 0 aliphatic rings. The Hall–Kier alpha value is -1.88. The van der Waals surface area contributed by atoms with Crippen LogP contribution in [0.4, 0.5) is 0 Å². The second kappa shape index (κ2) is 5.84. The molecule has 0 spiro atoms. The molecule has 2 aromatic rings. The number of amides is 1. The van der Waals surface area contributed by atoms with Gasteiger partial charge in [-0.3, -0.25) is 4.79 Å². The van der Waals surface area contributed by atoms with E-state index in [9.17, 15) is 4.79 Å². The summed E-state index contributed by atoms with van der Waals surface area (Å²) in [5.74, 6) is 0.900. The van der Waals surface area contributed by atoms with Crippen molar-refractivity contribution in [1.29, 1.82) is 0 Å². The standard InChI is InChI=1S/C13H14ClN3O2/c1-3-12(18)17(2)8-11-15-13(16-19-11)9-5-4-6-10(14)7-9/h4-7H,3,8H2,1-2H3. The molecule has 0 saturated heterocycles. The molecule has 19 heavy (non-hydrogen) atoms. The van der Waals surface area contributed by atoms with Crippen LogP contribution in [0.2, 0.25) is 5.02 Å². The van der Waals surface area contributed by atoms with E-state index in [-0.39, 0.29) is 5.91 Å². The minimum Gasteiger partial charge on any atom is -0.337 e. The minimum atomic E-state index is 0.0301. The van der Waals surface area contributed by atoms with Gasteiger partial charge in [0.2, 0.25) is 17.6 Å². The Balaban J connectivity index is 2.13. The van der Waals surface area contributed by atoms with E-state index in [1.807, 2.05) is 19.1 Å². The summed E-state index contributed by atoms with van der Waals surface area (Å²) in [7, 11) is 1.70. The van der Waals surface area contributed by atoms with Crippen molar-refractivity contribution in [1.82, 2.24) is 15.0 Å². The van der Waals surface area contributed by atoms with E-state index in [0.29, 0.717) is 29.7 Å². The molecule has 0 N–H and O–H groups in total. The minimum absolute atomic E-state index is 0.0301. The molecule has 0 radical (unpaired) electrons. The Morgan fingerprint density at radius 2 is 2.26 bits per heavy atom. The largest absolute Gasteiger partial charge is 0.337 e. The Kier molecular flexibility index (Phi) is 4.16. The van der Waals surface area contributed by atoms with Gasteiger partial charge in [-0.25, -0.2) is 0 Å². The Labute approximate surface area is 116 Å². The maximum absolute atomic E-state index is 11.5. The number of aromatic nitrogens is 2. The summed E-state index contributed by atoms with van der Waals surface area (Å²) in [6, 6.07) is 7.21. The van der Waals surface area contributed by atoms with Crippen molar-refractivity contribution in [2.24, 2.45) is 0 Å². The monoisotopic (exact) mass is 279 g/mol. The van der Waals surface area contributed by atoms with Crippen molar-refractivity contribution in [3.05, 3.63) is 35.2 Å². The van der Waals surface area contributed by atoms with E-state index in [0.717, 1.165) is 5.56 Å². The normalized spacial score (nSPS) is 10.5. The molecular weight excluding hydrogens is 266 g/mol. The molecular formula is C13H14ClN3O2. The van der Waals surface area contributed by atoms with Crippen LogP contribution >= 0.6 is 11.6 Å². The van der Waals surface area contributed by atoms with Gasteiger partial charge in [0.15, 0.2) is 0 Å². The molecule has 1 aromatic heterocycles. The average molecular weight is 280 g/mol. The van der Waals surface area contributed by atoms with Crippen molar-refractivity contribution >= 4 is 17.5 Å². The van der Waals surface area contributed by atoms with Crippen LogP contribution in [0.1, 0.15) is 19.2 Å². The first-order valence-corrected chi connectivity index (χ1v) is 6.30. The predicted octanol–water partition coefficient (Wildman–Crippen LogP) is 2.76. The number of hydrogen-bond donors (Lipinski definition) is 0. The third-order valence-electron chi connectivity index (χ3n) is 2.65. The van der Waals surface area contributed by atoms with Crippen LogP contribution in [0.3, 0.4) is 0 Å². The van der Waals surface area contributed by atoms with Gasteiger partial charge in [-0.15, -0.1) is 0 Å². The number of carbonyl (C=O) groups excluding carboxylic acids is 1. The first-order chi connectivity index (χ1) is 9.10. The molecule has 100 valence electrons. The Bertz CT molecular complexity index is 583. The lowest BCUT2D eigenvalue weighted by atomic mass is 10.2. The fraction of sp³-hybridized carbons (Fsp3) is 0.308. The molecule has 1 amide bonds. The zero-order valence-corrected chi connectivity index (χ0v) is 11.5. The van der Waals surface area contributed by atoms with Crippen LogP contribution in [0, 0.1) is 0 Å². The highest BCUT2D eigenvalue weighted by molar-refractivity contribution is 6.30. The zero-order chi connectivity index (χ0) is 13.8. The lowest BCUT2D eigenvalue weighted by Gasteiger charge is -2.12. The highest BCUT2D eigenvalue weighted by Crippen LogP contribution is 2.20. The smallest absolute Gasteiger partial charge is 0.246 e. The molecule has 0 unspecified atom stereocenters. The molecule has 0 fully saturated rings. The molecule has 0 aliphatic heterocycles. The SMILES string of the molecule is CCC(=O)N(C)Cc1nc(-c2cccc(Cl)c2)no1. The summed E-state index contributed by atoms with van der Waals surface area (Å²) in [5.41, 5.74) is 0.784. The van der Waals surface area contributed by atoms with Crippen molar-refractivity contribution in [3.63, 3.8) is 0 Å². The molecule has 0 aliphatic carbocycles. The molecule has 1 aromatic carbocycles. The predicted molar refractivity (Wildman–Crippen MR) is 71.5 cm³/mol. The highest BCUT2D eigenvalue weighted by atomic mass is 35.5. The average Bonchev–Trinajstić information content (AvgIpc) is 2.86. The summed E-state index contributed by atoms with van der Waals surface area (Å²) in [4.78, 5) is 17.3. The summed E-state index contributed by atoms with van der Waals surface area (Å²) in [6.07, 6.45) is 0.450. The number of hydrogen-bond acceptors (Lipinski definition) is 4. The van der Waals surface area contributed by atoms with E-state index >= 15 is 0 Å². The maximum atomic E-state index is 11.5. The number of benzene rings is 1.